The second-order valence-corrected chi connectivity index (χ2v) is 4.35. The number of amides is 1. The fourth-order valence-corrected chi connectivity index (χ4v) is 1.92. The van der Waals surface area contributed by atoms with Crippen LogP contribution in [-0.4, -0.2) is 18.7 Å². The molecule has 0 bridgehead atoms. The number of carbonyl (C=O) groups is 1. The SMILES string of the molecule is O=C(CNc1ccccc1)N/N=C/c1ccsc1. The van der Waals surface area contributed by atoms with E-state index in [0.717, 1.165) is 11.3 Å². The molecule has 1 amide bonds. The highest BCUT2D eigenvalue weighted by atomic mass is 32.1. The molecule has 0 radical (unpaired) electrons. The summed E-state index contributed by atoms with van der Waals surface area (Å²) in [4.78, 5) is 11.5. The molecule has 0 fully saturated rings. The fourth-order valence-electron chi connectivity index (χ4n) is 1.31. The normalized spacial score (nSPS) is 10.4. The first-order chi connectivity index (χ1) is 8.84. The third kappa shape index (κ3) is 4.03. The van der Waals surface area contributed by atoms with Crippen molar-refractivity contribution >= 4 is 29.1 Å². The van der Waals surface area contributed by atoms with Crippen molar-refractivity contribution in [2.45, 2.75) is 0 Å². The Morgan fingerprint density at radius 1 is 1.28 bits per heavy atom. The fraction of sp³-hybridized carbons (Fsp3) is 0.0769. The summed E-state index contributed by atoms with van der Waals surface area (Å²) < 4.78 is 0. The third-order valence-corrected chi connectivity index (χ3v) is 2.87. The van der Waals surface area contributed by atoms with E-state index < -0.39 is 0 Å². The lowest BCUT2D eigenvalue weighted by atomic mass is 10.3. The Labute approximate surface area is 109 Å². The maximum atomic E-state index is 11.5. The van der Waals surface area contributed by atoms with Crippen LogP contribution in [0.4, 0.5) is 5.69 Å². The smallest absolute Gasteiger partial charge is 0.259 e. The van der Waals surface area contributed by atoms with Crippen molar-refractivity contribution in [1.29, 1.82) is 0 Å². The van der Waals surface area contributed by atoms with Crippen LogP contribution in [-0.2, 0) is 4.79 Å². The van der Waals surface area contributed by atoms with Crippen molar-refractivity contribution in [2.75, 3.05) is 11.9 Å². The van der Waals surface area contributed by atoms with Crippen molar-refractivity contribution in [1.82, 2.24) is 5.43 Å². The van der Waals surface area contributed by atoms with Crippen LogP contribution in [0.3, 0.4) is 0 Å². The van der Waals surface area contributed by atoms with Crippen molar-refractivity contribution in [2.24, 2.45) is 5.10 Å². The Balaban J connectivity index is 1.73. The Morgan fingerprint density at radius 3 is 2.83 bits per heavy atom. The molecule has 0 saturated heterocycles. The standard InChI is InChI=1S/C13H13N3OS/c17-13(9-14-12-4-2-1-3-5-12)16-15-8-11-6-7-18-10-11/h1-8,10,14H,9H2,(H,16,17)/b15-8+. The zero-order valence-electron chi connectivity index (χ0n) is 9.67. The number of thiophene rings is 1. The maximum absolute atomic E-state index is 11.5. The van der Waals surface area contributed by atoms with Crippen LogP contribution < -0.4 is 10.7 Å². The van der Waals surface area contributed by atoms with E-state index in [1.165, 1.54) is 0 Å². The van der Waals surface area contributed by atoms with Crippen LogP contribution in [0.25, 0.3) is 0 Å². The Bertz CT molecular complexity index is 508. The summed E-state index contributed by atoms with van der Waals surface area (Å²) in [6.45, 7) is 0.199. The number of para-hydroxylation sites is 1. The Morgan fingerprint density at radius 2 is 2.11 bits per heavy atom. The predicted molar refractivity (Wildman–Crippen MR) is 75.0 cm³/mol. The highest BCUT2D eigenvalue weighted by Gasteiger charge is 1.98. The van der Waals surface area contributed by atoms with Gasteiger partial charge < -0.3 is 5.32 Å². The first-order valence-corrected chi connectivity index (χ1v) is 6.42. The molecule has 0 spiro atoms. The minimum Gasteiger partial charge on any atom is -0.376 e. The lowest BCUT2D eigenvalue weighted by Crippen LogP contribution is -2.25. The monoisotopic (exact) mass is 259 g/mol. The van der Waals surface area contributed by atoms with Gasteiger partial charge in [0.25, 0.3) is 5.91 Å². The third-order valence-electron chi connectivity index (χ3n) is 2.17. The van der Waals surface area contributed by atoms with Crippen LogP contribution in [0, 0.1) is 0 Å². The second-order valence-electron chi connectivity index (χ2n) is 3.57. The van der Waals surface area contributed by atoms with Gasteiger partial charge in [0.05, 0.1) is 12.8 Å². The molecule has 2 N–H and O–H groups in total. The average molecular weight is 259 g/mol. The molecule has 4 nitrogen and oxygen atoms in total. The number of hydrazone groups is 1. The first-order valence-electron chi connectivity index (χ1n) is 5.47. The summed E-state index contributed by atoms with van der Waals surface area (Å²) in [7, 11) is 0. The molecule has 2 aromatic rings. The van der Waals surface area contributed by atoms with Crippen molar-refractivity contribution in [3.63, 3.8) is 0 Å². The first kappa shape index (κ1) is 12.3. The van der Waals surface area contributed by atoms with Gasteiger partial charge in [-0.1, -0.05) is 18.2 Å². The molecule has 1 heterocycles. The zero-order chi connectivity index (χ0) is 12.6. The molecule has 0 aliphatic heterocycles. The summed E-state index contributed by atoms with van der Waals surface area (Å²) in [5.74, 6) is -0.176. The van der Waals surface area contributed by atoms with Gasteiger partial charge in [-0.2, -0.15) is 16.4 Å². The van der Waals surface area contributed by atoms with Crippen LogP contribution in [0.15, 0.2) is 52.3 Å². The van der Waals surface area contributed by atoms with Gasteiger partial charge in [-0.15, -0.1) is 0 Å². The average Bonchev–Trinajstić information content (AvgIpc) is 2.91. The minimum absolute atomic E-state index is 0.176. The number of benzene rings is 1. The summed E-state index contributed by atoms with van der Waals surface area (Å²) in [6, 6.07) is 11.5. The van der Waals surface area contributed by atoms with E-state index in [4.69, 9.17) is 0 Å². The molecule has 18 heavy (non-hydrogen) atoms. The molecular weight excluding hydrogens is 246 g/mol. The Kier molecular flexibility index (Phi) is 4.49. The van der Waals surface area contributed by atoms with E-state index in [1.54, 1.807) is 17.6 Å². The zero-order valence-corrected chi connectivity index (χ0v) is 10.5. The molecule has 0 atom stereocenters. The van der Waals surface area contributed by atoms with Crippen LogP contribution in [0.5, 0.6) is 0 Å². The predicted octanol–water partition coefficient (Wildman–Crippen LogP) is 2.31. The van der Waals surface area contributed by atoms with Gasteiger partial charge in [0.2, 0.25) is 0 Å². The maximum Gasteiger partial charge on any atom is 0.259 e. The number of hydrogen-bond donors (Lipinski definition) is 2. The van der Waals surface area contributed by atoms with E-state index in [9.17, 15) is 4.79 Å². The molecule has 0 aliphatic rings. The molecule has 0 aliphatic carbocycles. The van der Waals surface area contributed by atoms with Gasteiger partial charge in [0.1, 0.15) is 0 Å². The lowest BCUT2D eigenvalue weighted by molar-refractivity contribution is -0.119. The van der Waals surface area contributed by atoms with E-state index in [2.05, 4.69) is 15.8 Å². The largest absolute Gasteiger partial charge is 0.376 e. The number of carbonyl (C=O) groups excluding carboxylic acids is 1. The van der Waals surface area contributed by atoms with Gasteiger partial charge >= 0.3 is 0 Å². The summed E-state index contributed by atoms with van der Waals surface area (Å²) in [5, 5.41) is 10.8. The van der Waals surface area contributed by atoms with E-state index in [-0.39, 0.29) is 12.5 Å². The van der Waals surface area contributed by atoms with Crippen molar-refractivity contribution in [3.05, 3.63) is 52.7 Å². The van der Waals surface area contributed by atoms with Gasteiger partial charge in [0.15, 0.2) is 0 Å². The van der Waals surface area contributed by atoms with Crippen molar-refractivity contribution < 1.29 is 4.79 Å². The van der Waals surface area contributed by atoms with Crippen LogP contribution in [0.1, 0.15) is 5.56 Å². The number of anilines is 1. The van der Waals surface area contributed by atoms with Crippen LogP contribution >= 0.6 is 11.3 Å². The summed E-state index contributed by atoms with van der Waals surface area (Å²) >= 11 is 1.59. The van der Waals surface area contributed by atoms with Gasteiger partial charge in [-0.05, 0) is 29.0 Å². The molecule has 0 saturated carbocycles. The number of hydrogen-bond acceptors (Lipinski definition) is 4. The number of nitrogens with zero attached hydrogens (tertiary/aromatic N) is 1. The molecular formula is C13H13N3OS. The highest BCUT2D eigenvalue weighted by molar-refractivity contribution is 7.08. The lowest BCUT2D eigenvalue weighted by Gasteiger charge is -2.04. The molecule has 1 aromatic heterocycles. The van der Waals surface area contributed by atoms with E-state index in [1.807, 2.05) is 47.2 Å². The van der Waals surface area contributed by atoms with Gasteiger partial charge in [-0.3, -0.25) is 4.79 Å². The summed E-state index contributed by atoms with van der Waals surface area (Å²) in [6.07, 6.45) is 1.62. The summed E-state index contributed by atoms with van der Waals surface area (Å²) in [5.41, 5.74) is 4.36. The molecule has 0 unspecified atom stereocenters. The molecule has 1 aromatic carbocycles. The van der Waals surface area contributed by atoms with Gasteiger partial charge in [0, 0.05) is 11.3 Å². The quantitative estimate of drug-likeness (QED) is 0.639. The van der Waals surface area contributed by atoms with Gasteiger partial charge in [-0.25, -0.2) is 5.43 Å². The number of rotatable bonds is 5. The second kappa shape index (κ2) is 6.56. The minimum atomic E-state index is -0.176. The highest BCUT2D eigenvalue weighted by Crippen LogP contribution is 2.03. The number of nitrogens with one attached hydrogen (secondary N) is 2. The van der Waals surface area contributed by atoms with E-state index in [0.29, 0.717) is 0 Å². The van der Waals surface area contributed by atoms with Crippen molar-refractivity contribution in [3.8, 4) is 0 Å². The molecule has 2 rings (SSSR count). The Hall–Kier alpha value is -2.14. The molecule has 92 valence electrons. The molecule has 5 heteroatoms. The van der Waals surface area contributed by atoms with Crippen LogP contribution in [0.2, 0.25) is 0 Å². The topological polar surface area (TPSA) is 53.5 Å². The van der Waals surface area contributed by atoms with E-state index >= 15 is 0 Å².